The molecular weight excluding hydrogens is 364 g/mol. The normalized spacial score (nSPS) is 10.9. The lowest BCUT2D eigenvalue weighted by Crippen LogP contribution is -2.13. The number of nitrogens with two attached hydrogens (primary N) is 1. The number of ether oxygens (including phenoxy) is 1. The number of halogens is 1. The average Bonchev–Trinajstić information content (AvgIpc) is 2.70. The molecule has 0 spiro atoms. The Morgan fingerprint density at radius 2 is 1.78 bits per heavy atom. The molecule has 0 aliphatic carbocycles. The van der Waals surface area contributed by atoms with Gasteiger partial charge in [0.05, 0.1) is 17.3 Å². The molecule has 0 saturated heterocycles. The van der Waals surface area contributed by atoms with E-state index >= 15 is 0 Å². The first-order valence-electron chi connectivity index (χ1n) is 8.24. The third kappa shape index (κ3) is 3.53. The van der Waals surface area contributed by atoms with Gasteiger partial charge in [-0.25, -0.2) is 5.10 Å². The highest BCUT2D eigenvalue weighted by atomic mass is 35.5. The van der Waals surface area contributed by atoms with Crippen molar-refractivity contribution in [1.29, 1.82) is 0 Å². The first-order chi connectivity index (χ1) is 13.1. The average molecular weight is 379 g/mol. The summed E-state index contributed by atoms with van der Waals surface area (Å²) in [5.74, 6) is 1.26. The number of fused-ring (bicyclic) bond motifs is 1. The second kappa shape index (κ2) is 7.19. The predicted molar refractivity (Wildman–Crippen MR) is 105 cm³/mol. The zero-order chi connectivity index (χ0) is 18.8. The van der Waals surface area contributed by atoms with Crippen molar-refractivity contribution >= 4 is 22.4 Å². The Hall–Kier alpha value is -3.22. The van der Waals surface area contributed by atoms with Gasteiger partial charge in [-0.05, 0) is 48.0 Å². The van der Waals surface area contributed by atoms with E-state index in [1.807, 2.05) is 18.2 Å². The number of rotatable bonds is 4. The van der Waals surface area contributed by atoms with E-state index in [1.54, 1.807) is 42.7 Å². The Labute approximate surface area is 159 Å². The molecule has 27 heavy (non-hydrogen) atoms. The third-order valence-corrected chi connectivity index (χ3v) is 4.41. The van der Waals surface area contributed by atoms with Gasteiger partial charge in [-0.15, -0.1) is 0 Å². The Balaban J connectivity index is 1.73. The lowest BCUT2D eigenvalue weighted by Gasteiger charge is -2.09. The van der Waals surface area contributed by atoms with Gasteiger partial charge >= 0.3 is 0 Å². The van der Waals surface area contributed by atoms with Crippen LogP contribution < -0.4 is 16.0 Å². The Bertz CT molecular complexity index is 1170. The number of aromatic nitrogens is 3. The highest BCUT2D eigenvalue weighted by Gasteiger charge is 2.09. The van der Waals surface area contributed by atoms with Crippen molar-refractivity contribution in [1.82, 2.24) is 15.2 Å². The second-order valence-electron chi connectivity index (χ2n) is 5.93. The maximum atomic E-state index is 12.0. The van der Waals surface area contributed by atoms with Crippen LogP contribution in [0.5, 0.6) is 11.5 Å². The van der Waals surface area contributed by atoms with Crippen LogP contribution in [0.25, 0.3) is 21.9 Å². The van der Waals surface area contributed by atoms with Gasteiger partial charge in [0.1, 0.15) is 11.5 Å². The van der Waals surface area contributed by atoms with Crippen molar-refractivity contribution in [2.45, 2.75) is 6.54 Å². The number of hydrogen-bond donors (Lipinski definition) is 2. The van der Waals surface area contributed by atoms with Crippen LogP contribution in [0.4, 0.5) is 0 Å². The number of nitrogens with zero attached hydrogens (tertiary/aromatic N) is 2. The molecule has 7 heteroatoms. The summed E-state index contributed by atoms with van der Waals surface area (Å²) in [5.41, 5.74) is 7.88. The van der Waals surface area contributed by atoms with Gasteiger partial charge in [-0.1, -0.05) is 17.7 Å². The molecule has 0 radical (unpaired) electrons. The monoisotopic (exact) mass is 378 g/mol. The van der Waals surface area contributed by atoms with Crippen LogP contribution in [0.3, 0.4) is 0 Å². The predicted octanol–water partition coefficient (Wildman–Crippen LogP) is 3.89. The summed E-state index contributed by atoms with van der Waals surface area (Å²) in [7, 11) is 0. The van der Waals surface area contributed by atoms with Crippen molar-refractivity contribution in [3.63, 3.8) is 0 Å². The number of pyridine rings is 1. The molecule has 0 unspecified atom stereocenters. The molecule has 2 heterocycles. The molecule has 0 fully saturated rings. The third-order valence-electron chi connectivity index (χ3n) is 4.16. The summed E-state index contributed by atoms with van der Waals surface area (Å²) >= 11 is 5.90. The van der Waals surface area contributed by atoms with Crippen molar-refractivity contribution < 1.29 is 4.74 Å². The summed E-state index contributed by atoms with van der Waals surface area (Å²) in [6.07, 6.45) is 3.37. The fourth-order valence-corrected chi connectivity index (χ4v) is 2.95. The fraction of sp³-hybridized carbons (Fsp3) is 0.0500. The van der Waals surface area contributed by atoms with E-state index in [9.17, 15) is 4.79 Å². The number of H-pyrrole nitrogens is 1. The van der Waals surface area contributed by atoms with E-state index in [2.05, 4.69) is 15.2 Å². The van der Waals surface area contributed by atoms with Gasteiger partial charge in [0, 0.05) is 28.7 Å². The zero-order valence-corrected chi connectivity index (χ0v) is 14.9. The molecule has 0 aliphatic heterocycles. The van der Waals surface area contributed by atoms with Crippen LogP contribution in [0.15, 0.2) is 65.7 Å². The lowest BCUT2D eigenvalue weighted by molar-refractivity contribution is 0.480. The van der Waals surface area contributed by atoms with Crippen LogP contribution in [0.2, 0.25) is 5.02 Å². The van der Waals surface area contributed by atoms with Crippen LogP contribution >= 0.6 is 11.6 Å². The topological polar surface area (TPSA) is 93.9 Å². The summed E-state index contributed by atoms with van der Waals surface area (Å²) < 4.78 is 5.84. The van der Waals surface area contributed by atoms with Crippen LogP contribution in [0, 0.1) is 0 Å². The maximum absolute atomic E-state index is 12.0. The van der Waals surface area contributed by atoms with E-state index in [1.165, 1.54) is 0 Å². The Kier molecular flexibility index (Phi) is 4.58. The first-order valence-corrected chi connectivity index (χ1v) is 8.62. The summed E-state index contributed by atoms with van der Waals surface area (Å²) in [5, 5.41) is 8.41. The van der Waals surface area contributed by atoms with Gasteiger partial charge in [-0.3, -0.25) is 9.78 Å². The smallest absolute Gasteiger partial charge is 0.272 e. The lowest BCUT2D eigenvalue weighted by atomic mass is 10.0. The summed E-state index contributed by atoms with van der Waals surface area (Å²) in [4.78, 5) is 16.2. The van der Waals surface area contributed by atoms with Gasteiger partial charge in [0.2, 0.25) is 0 Å². The Morgan fingerprint density at radius 3 is 2.56 bits per heavy atom. The number of nitrogens with one attached hydrogen (secondary N) is 1. The minimum atomic E-state index is -0.244. The highest BCUT2D eigenvalue weighted by Crippen LogP contribution is 2.29. The molecule has 2 aromatic carbocycles. The molecule has 4 rings (SSSR count). The van der Waals surface area contributed by atoms with Crippen LogP contribution in [-0.2, 0) is 6.54 Å². The van der Waals surface area contributed by atoms with Gasteiger partial charge in [0.25, 0.3) is 5.56 Å². The van der Waals surface area contributed by atoms with Crippen molar-refractivity contribution in [2.24, 2.45) is 5.73 Å². The van der Waals surface area contributed by atoms with Gasteiger partial charge < -0.3 is 10.5 Å². The number of hydrogen-bond acceptors (Lipinski definition) is 5. The number of aromatic amines is 1. The van der Waals surface area contributed by atoms with E-state index < -0.39 is 0 Å². The van der Waals surface area contributed by atoms with E-state index in [0.29, 0.717) is 27.6 Å². The molecule has 0 atom stereocenters. The molecule has 134 valence electrons. The molecule has 0 saturated carbocycles. The molecule has 0 bridgehead atoms. The van der Waals surface area contributed by atoms with Crippen molar-refractivity contribution in [2.75, 3.05) is 0 Å². The Morgan fingerprint density at radius 1 is 0.963 bits per heavy atom. The van der Waals surface area contributed by atoms with E-state index in [0.717, 1.165) is 16.5 Å². The van der Waals surface area contributed by atoms with Gasteiger partial charge in [-0.2, -0.15) is 5.10 Å². The van der Waals surface area contributed by atoms with Crippen LogP contribution in [-0.4, -0.2) is 15.2 Å². The molecule has 2 aromatic heterocycles. The molecule has 0 aliphatic rings. The maximum Gasteiger partial charge on any atom is 0.272 e. The molecule has 6 nitrogen and oxygen atoms in total. The largest absolute Gasteiger partial charge is 0.456 e. The van der Waals surface area contributed by atoms with Gasteiger partial charge in [0.15, 0.2) is 0 Å². The minimum absolute atomic E-state index is 0.231. The molecule has 4 aromatic rings. The fourth-order valence-electron chi connectivity index (χ4n) is 2.83. The standard InChI is InChI=1S/C20H15ClN4O2/c21-14-2-4-15(5-3-14)27-16-7-13(10-23-11-16)12-1-6-17-18(8-12)19(9-22)24-25-20(17)26/h1-8,10-11H,9,22H2,(H,25,26). The zero-order valence-electron chi connectivity index (χ0n) is 14.1. The number of benzene rings is 2. The van der Waals surface area contributed by atoms with Crippen molar-refractivity contribution in [3.8, 4) is 22.6 Å². The summed E-state index contributed by atoms with van der Waals surface area (Å²) in [6.45, 7) is 0.231. The molecule has 3 N–H and O–H groups in total. The SMILES string of the molecule is NCc1n[nH]c(=O)c2ccc(-c3cncc(Oc4ccc(Cl)cc4)c3)cc12. The minimum Gasteiger partial charge on any atom is -0.456 e. The second-order valence-corrected chi connectivity index (χ2v) is 6.37. The quantitative estimate of drug-likeness (QED) is 0.561. The van der Waals surface area contributed by atoms with Crippen LogP contribution in [0.1, 0.15) is 5.69 Å². The van der Waals surface area contributed by atoms with Crippen molar-refractivity contribution in [3.05, 3.63) is 82.0 Å². The molecule has 0 amide bonds. The first kappa shape index (κ1) is 17.2. The van der Waals surface area contributed by atoms with E-state index in [-0.39, 0.29) is 12.1 Å². The summed E-state index contributed by atoms with van der Waals surface area (Å²) in [6, 6.07) is 14.5. The van der Waals surface area contributed by atoms with E-state index in [4.69, 9.17) is 22.1 Å². The molecular formula is C20H15ClN4O2. The highest BCUT2D eigenvalue weighted by molar-refractivity contribution is 6.30.